The number of rotatable bonds is 8. The maximum absolute atomic E-state index is 16.2. The monoisotopic (exact) mass is 476 g/mol. The van der Waals surface area contributed by atoms with Crippen molar-refractivity contribution in [1.29, 1.82) is 0 Å². The number of hydrogen-bond donors (Lipinski definition) is 2. The first-order valence-electron chi connectivity index (χ1n) is 10.7. The van der Waals surface area contributed by atoms with Crippen molar-refractivity contribution in [2.75, 3.05) is 39.4 Å². The Labute approximate surface area is 196 Å². The summed E-state index contributed by atoms with van der Waals surface area (Å²) in [4.78, 5) is 12.7. The lowest BCUT2D eigenvalue weighted by Gasteiger charge is -2.28. The molecule has 2 aromatic heterocycles. The minimum atomic E-state index is -1.91. The number of methoxy groups -OCH3 is 3. The Morgan fingerprint density at radius 3 is 2.44 bits per heavy atom. The zero-order valence-electron chi connectivity index (χ0n) is 20.0. The van der Waals surface area contributed by atoms with Gasteiger partial charge in [-0.2, -0.15) is 9.97 Å². The van der Waals surface area contributed by atoms with Crippen LogP contribution >= 0.6 is 0 Å². The van der Waals surface area contributed by atoms with Gasteiger partial charge < -0.3 is 34.7 Å². The predicted octanol–water partition coefficient (Wildman–Crippen LogP) is 2.71. The van der Waals surface area contributed by atoms with Crippen LogP contribution in [0, 0.1) is 0 Å². The molecule has 0 radical (unpaired) electrons. The molecule has 1 aromatic carbocycles. The average Bonchev–Trinajstić information content (AvgIpc) is 3.33. The van der Waals surface area contributed by atoms with Gasteiger partial charge >= 0.3 is 0 Å². The third-order valence-corrected chi connectivity index (χ3v) is 5.89. The van der Waals surface area contributed by atoms with Crippen LogP contribution in [-0.4, -0.2) is 65.8 Å². The highest BCUT2D eigenvalue weighted by molar-refractivity contribution is 5.84. The molecule has 4 rings (SSSR count). The lowest BCUT2D eigenvalue weighted by molar-refractivity contribution is -0.0603. The van der Waals surface area contributed by atoms with Crippen LogP contribution < -0.4 is 25.3 Å². The highest BCUT2D eigenvalue weighted by atomic mass is 19.1. The van der Waals surface area contributed by atoms with E-state index >= 15 is 4.39 Å². The molecular formula is C22H29FN6O5. The Bertz CT molecular complexity index is 1160. The zero-order valence-corrected chi connectivity index (χ0v) is 20.0. The van der Waals surface area contributed by atoms with Gasteiger partial charge in [-0.05, 0) is 31.5 Å². The average molecular weight is 477 g/mol. The lowest BCUT2D eigenvalue weighted by atomic mass is 9.98. The Hall–Kier alpha value is -3.38. The first kappa shape index (κ1) is 23.8. The molecule has 0 aliphatic carbocycles. The summed E-state index contributed by atoms with van der Waals surface area (Å²) < 4.78 is 45.9. The van der Waals surface area contributed by atoms with Gasteiger partial charge in [0.25, 0.3) is 0 Å². The van der Waals surface area contributed by atoms with Crippen molar-refractivity contribution < 1.29 is 28.1 Å². The van der Waals surface area contributed by atoms with E-state index in [4.69, 9.17) is 29.4 Å². The van der Waals surface area contributed by atoms with Gasteiger partial charge in [0, 0.05) is 7.05 Å². The van der Waals surface area contributed by atoms with Crippen molar-refractivity contribution in [2.24, 2.45) is 0 Å². The molecule has 1 aliphatic rings. The summed E-state index contributed by atoms with van der Waals surface area (Å²) in [5, 5.41) is 2.92. The molecule has 0 spiro atoms. The van der Waals surface area contributed by atoms with E-state index in [0.29, 0.717) is 34.2 Å². The van der Waals surface area contributed by atoms with Gasteiger partial charge in [0.1, 0.15) is 6.10 Å². The van der Waals surface area contributed by atoms with E-state index in [1.165, 1.54) is 39.1 Å². The van der Waals surface area contributed by atoms with E-state index in [-0.39, 0.29) is 12.6 Å². The Morgan fingerprint density at radius 1 is 1.18 bits per heavy atom. The van der Waals surface area contributed by atoms with Crippen molar-refractivity contribution in [3.63, 3.8) is 0 Å². The first-order chi connectivity index (χ1) is 16.2. The second-order valence-corrected chi connectivity index (χ2v) is 8.11. The lowest BCUT2D eigenvalue weighted by Crippen LogP contribution is -2.41. The van der Waals surface area contributed by atoms with Crippen LogP contribution in [0.5, 0.6) is 17.2 Å². The highest BCUT2D eigenvalue weighted by Gasteiger charge is 2.55. The Balaban J connectivity index is 1.61. The molecule has 0 saturated carbocycles. The van der Waals surface area contributed by atoms with Crippen LogP contribution in [0.25, 0.3) is 11.2 Å². The van der Waals surface area contributed by atoms with Crippen LogP contribution in [-0.2, 0) is 16.1 Å². The number of nitrogens with two attached hydrogens (primary N) is 1. The number of hydrogen-bond acceptors (Lipinski definition) is 10. The van der Waals surface area contributed by atoms with Gasteiger partial charge in [0.15, 0.2) is 40.4 Å². The Morgan fingerprint density at radius 2 is 1.85 bits per heavy atom. The molecule has 34 heavy (non-hydrogen) atoms. The van der Waals surface area contributed by atoms with Gasteiger partial charge in [-0.25, -0.2) is 9.37 Å². The molecule has 184 valence electrons. The molecule has 3 heterocycles. The predicted molar refractivity (Wildman–Crippen MR) is 123 cm³/mol. The number of alkyl halides is 1. The molecule has 0 bridgehead atoms. The van der Waals surface area contributed by atoms with E-state index in [2.05, 4.69) is 20.3 Å². The van der Waals surface area contributed by atoms with Crippen molar-refractivity contribution in [2.45, 2.75) is 44.6 Å². The summed E-state index contributed by atoms with van der Waals surface area (Å²) in [6.07, 6.45) is -0.993. The van der Waals surface area contributed by atoms with E-state index in [9.17, 15) is 0 Å². The van der Waals surface area contributed by atoms with Crippen LogP contribution in [0.4, 0.5) is 16.2 Å². The van der Waals surface area contributed by atoms with Crippen LogP contribution in [0.15, 0.2) is 18.5 Å². The minimum absolute atomic E-state index is 0.0420. The second kappa shape index (κ2) is 9.11. The minimum Gasteiger partial charge on any atom is -0.493 e. The number of nitrogens with zero attached hydrogens (tertiary/aromatic N) is 4. The van der Waals surface area contributed by atoms with E-state index in [1.54, 1.807) is 26.1 Å². The fourth-order valence-corrected chi connectivity index (χ4v) is 4.33. The van der Waals surface area contributed by atoms with Gasteiger partial charge in [0.2, 0.25) is 11.7 Å². The standard InChI is InChI=1S/C22H29FN6O5/c1-11-17(33-9-12-7-13(30-4)16(32-6)14(8-12)31-5)22(2,23)20(34-11)29-10-26-15-18(25-3)27-21(24)28-19(15)29/h7-8,10-11,17,20H,9H2,1-6H3,(H3,24,25,27,28)/t11-,17-,20-,22-/m1/s1. The fraction of sp³-hybridized carbons (Fsp3) is 0.500. The number of nitrogen functional groups attached to an aromatic ring is 1. The van der Waals surface area contributed by atoms with Gasteiger partial charge in [0.05, 0.1) is 40.4 Å². The highest BCUT2D eigenvalue weighted by Crippen LogP contribution is 2.45. The molecule has 3 aromatic rings. The Kier molecular flexibility index (Phi) is 6.36. The third kappa shape index (κ3) is 3.92. The molecular weight excluding hydrogens is 447 g/mol. The van der Waals surface area contributed by atoms with Gasteiger partial charge in [-0.15, -0.1) is 0 Å². The van der Waals surface area contributed by atoms with E-state index in [0.717, 1.165) is 5.56 Å². The third-order valence-electron chi connectivity index (χ3n) is 5.89. The SMILES string of the molecule is CNc1nc(N)nc2c1ncn2[C@@H]1O[C@H](C)[C@@H](OCc2cc(OC)c(OC)c(OC)c2)[C@@]1(C)F. The molecule has 4 atom stereocenters. The van der Waals surface area contributed by atoms with E-state index in [1.807, 2.05) is 0 Å². The van der Waals surface area contributed by atoms with Crippen LogP contribution in [0.3, 0.4) is 0 Å². The normalized spacial score (nSPS) is 24.4. The van der Waals surface area contributed by atoms with Gasteiger partial charge in [-0.1, -0.05) is 0 Å². The number of aromatic nitrogens is 4. The van der Waals surface area contributed by atoms with Gasteiger partial charge in [-0.3, -0.25) is 4.57 Å². The summed E-state index contributed by atoms with van der Waals surface area (Å²) in [5.41, 5.74) is 5.49. The molecule has 1 fully saturated rings. The first-order valence-corrected chi connectivity index (χ1v) is 10.7. The summed E-state index contributed by atoms with van der Waals surface area (Å²) in [5.74, 6) is 1.93. The number of fused-ring (bicyclic) bond motifs is 1. The molecule has 1 saturated heterocycles. The van der Waals surface area contributed by atoms with E-state index < -0.39 is 24.1 Å². The fourth-order valence-electron chi connectivity index (χ4n) is 4.33. The van der Waals surface area contributed by atoms with Crippen molar-refractivity contribution in [1.82, 2.24) is 19.5 Å². The number of ether oxygens (including phenoxy) is 5. The summed E-state index contributed by atoms with van der Waals surface area (Å²) >= 11 is 0. The molecule has 11 nitrogen and oxygen atoms in total. The van der Waals surface area contributed by atoms with Crippen LogP contribution in [0.1, 0.15) is 25.6 Å². The largest absolute Gasteiger partial charge is 0.493 e. The summed E-state index contributed by atoms with van der Waals surface area (Å²) in [7, 11) is 6.29. The maximum atomic E-state index is 16.2. The number of benzene rings is 1. The number of halogens is 1. The van der Waals surface area contributed by atoms with Crippen molar-refractivity contribution in [3.05, 3.63) is 24.0 Å². The topological polar surface area (TPSA) is 128 Å². The molecule has 0 unspecified atom stereocenters. The van der Waals surface area contributed by atoms with Crippen molar-refractivity contribution in [3.8, 4) is 17.2 Å². The zero-order chi connectivity index (χ0) is 24.6. The van der Waals surface area contributed by atoms with Crippen LogP contribution in [0.2, 0.25) is 0 Å². The summed E-state index contributed by atoms with van der Waals surface area (Å²) in [6, 6.07) is 3.52. The smallest absolute Gasteiger partial charge is 0.224 e. The van der Waals surface area contributed by atoms with Crippen molar-refractivity contribution >= 4 is 22.9 Å². The summed E-state index contributed by atoms with van der Waals surface area (Å²) in [6.45, 7) is 3.31. The number of nitrogens with one attached hydrogen (secondary N) is 1. The maximum Gasteiger partial charge on any atom is 0.224 e. The quantitative estimate of drug-likeness (QED) is 0.501. The number of imidazole rings is 1. The number of anilines is 2. The molecule has 12 heteroatoms. The molecule has 1 aliphatic heterocycles. The molecule has 0 amide bonds. The molecule has 3 N–H and O–H groups in total. The second-order valence-electron chi connectivity index (χ2n) is 8.11.